The molecule has 0 aliphatic heterocycles. The average molecular weight is 281 g/mol. The van der Waals surface area contributed by atoms with Gasteiger partial charge in [0.2, 0.25) is 0 Å². The predicted octanol–water partition coefficient (Wildman–Crippen LogP) is 2.66. The van der Waals surface area contributed by atoms with Gasteiger partial charge < -0.3 is 5.32 Å². The van der Waals surface area contributed by atoms with Gasteiger partial charge in [-0.25, -0.2) is 13.9 Å². The quantitative estimate of drug-likeness (QED) is 0.801. The molecule has 0 radical (unpaired) electrons. The van der Waals surface area contributed by atoms with Crippen LogP contribution >= 0.6 is 0 Å². The standard InChI is InChI=1S/C15H12FN5/c1-10-6-14-15(18-4-5-21(14)20-10)19-9-12-3-2-11(8-17)7-13(12)16/h2-7H,9H2,1H3,(H,18,19). The van der Waals surface area contributed by atoms with E-state index in [1.165, 1.54) is 6.07 Å². The summed E-state index contributed by atoms with van der Waals surface area (Å²) in [6.45, 7) is 2.19. The predicted molar refractivity (Wildman–Crippen MR) is 76.2 cm³/mol. The summed E-state index contributed by atoms with van der Waals surface area (Å²) in [5, 5.41) is 16.1. The number of benzene rings is 1. The molecule has 0 aliphatic rings. The number of halogens is 1. The van der Waals surface area contributed by atoms with Crippen molar-refractivity contribution in [3.63, 3.8) is 0 Å². The third-order valence-corrected chi connectivity index (χ3v) is 3.14. The van der Waals surface area contributed by atoms with Gasteiger partial charge in [-0.3, -0.25) is 0 Å². The number of aromatic nitrogens is 3. The van der Waals surface area contributed by atoms with Gasteiger partial charge in [-0.05, 0) is 25.1 Å². The molecule has 0 saturated carbocycles. The van der Waals surface area contributed by atoms with E-state index in [1.54, 1.807) is 29.0 Å². The van der Waals surface area contributed by atoms with Crippen molar-refractivity contribution in [2.45, 2.75) is 13.5 Å². The van der Waals surface area contributed by atoms with E-state index in [0.29, 0.717) is 16.9 Å². The van der Waals surface area contributed by atoms with Gasteiger partial charge in [0.25, 0.3) is 0 Å². The summed E-state index contributed by atoms with van der Waals surface area (Å²) >= 11 is 0. The fourth-order valence-electron chi connectivity index (χ4n) is 2.12. The minimum atomic E-state index is -0.404. The number of aryl methyl sites for hydroxylation is 1. The molecular weight excluding hydrogens is 269 g/mol. The number of nitrogens with one attached hydrogen (secondary N) is 1. The van der Waals surface area contributed by atoms with E-state index in [-0.39, 0.29) is 6.54 Å². The highest BCUT2D eigenvalue weighted by atomic mass is 19.1. The third kappa shape index (κ3) is 2.54. The summed E-state index contributed by atoms with van der Waals surface area (Å²) in [6, 6.07) is 8.24. The summed E-state index contributed by atoms with van der Waals surface area (Å²) in [4.78, 5) is 4.25. The largest absolute Gasteiger partial charge is 0.364 e. The number of hydrogen-bond acceptors (Lipinski definition) is 4. The molecule has 21 heavy (non-hydrogen) atoms. The summed E-state index contributed by atoms with van der Waals surface area (Å²) < 4.78 is 15.6. The SMILES string of the molecule is Cc1cc2c(NCc3ccc(C#N)cc3F)nccn2n1. The number of fused-ring (bicyclic) bond motifs is 1. The zero-order chi connectivity index (χ0) is 14.8. The van der Waals surface area contributed by atoms with Crippen LogP contribution in [0.1, 0.15) is 16.8 Å². The van der Waals surface area contributed by atoms with Crippen LogP contribution in [0.25, 0.3) is 5.52 Å². The second kappa shape index (κ2) is 5.21. The lowest BCUT2D eigenvalue weighted by atomic mass is 10.1. The molecule has 5 nitrogen and oxygen atoms in total. The third-order valence-electron chi connectivity index (χ3n) is 3.14. The molecule has 3 rings (SSSR count). The van der Waals surface area contributed by atoms with E-state index >= 15 is 0 Å². The second-order valence-corrected chi connectivity index (χ2v) is 4.66. The maximum Gasteiger partial charge on any atom is 0.152 e. The second-order valence-electron chi connectivity index (χ2n) is 4.66. The van der Waals surface area contributed by atoms with Crippen molar-refractivity contribution in [3.05, 3.63) is 59.3 Å². The molecule has 104 valence electrons. The number of hydrogen-bond donors (Lipinski definition) is 1. The summed E-state index contributed by atoms with van der Waals surface area (Å²) in [6.07, 6.45) is 3.40. The van der Waals surface area contributed by atoms with Crippen LogP contribution < -0.4 is 5.32 Å². The summed E-state index contributed by atoms with van der Waals surface area (Å²) in [7, 11) is 0. The summed E-state index contributed by atoms with van der Waals surface area (Å²) in [5.74, 6) is 0.236. The first-order chi connectivity index (χ1) is 10.2. The van der Waals surface area contributed by atoms with Crippen molar-refractivity contribution < 1.29 is 4.39 Å². The summed E-state index contributed by atoms with van der Waals surface area (Å²) in [5.41, 5.74) is 2.51. The Kier molecular flexibility index (Phi) is 3.24. The Balaban J connectivity index is 1.85. The molecular formula is C15H12FN5. The molecule has 0 unspecified atom stereocenters. The van der Waals surface area contributed by atoms with E-state index in [2.05, 4.69) is 15.4 Å². The Bertz CT molecular complexity index is 847. The monoisotopic (exact) mass is 281 g/mol. The molecule has 0 saturated heterocycles. The molecule has 1 aromatic carbocycles. The maximum atomic E-state index is 13.8. The molecule has 0 spiro atoms. The highest BCUT2D eigenvalue weighted by molar-refractivity contribution is 5.67. The normalized spacial score (nSPS) is 10.5. The van der Waals surface area contributed by atoms with Crippen LogP contribution in [0.15, 0.2) is 36.7 Å². The first-order valence-corrected chi connectivity index (χ1v) is 6.41. The van der Waals surface area contributed by atoms with Crippen LogP contribution in [0, 0.1) is 24.1 Å². The number of nitriles is 1. The molecule has 0 atom stereocenters. The average Bonchev–Trinajstić information content (AvgIpc) is 2.86. The van der Waals surface area contributed by atoms with Gasteiger partial charge in [-0.15, -0.1) is 0 Å². The van der Waals surface area contributed by atoms with Crippen LogP contribution in [0.3, 0.4) is 0 Å². The Hall–Kier alpha value is -2.94. The molecule has 0 bridgehead atoms. The van der Waals surface area contributed by atoms with Crippen molar-refractivity contribution in [3.8, 4) is 6.07 Å². The fraction of sp³-hybridized carbons (Fsp3) is 0.133. The van der Waals surface area contributed by atoms with Crippen LogP contribution in [0.5, 0.6) is 0 Å². The Morgan fingerprint density at radius 1 is 1.38 bits per heavy atom. The highest BCUT2D eigenvalue weighted by Crippen LogP contribution is 2.17. The Morgan fingerprint density at radius 2 is 2.24 bits per heavy atom. The van der Waals surface area contributed by atoms with Gasteiger partial charge in [0, 0.05) is 24.5 Å². The number of anilines is 1. The molecule has 0 amide bonds. The van der Waals surface area contributed by atoms with E-state index in [0.717, 1.165) is 11.2 Å². The lowest BCUT2D eigenvalue weighted by Crippen LogP contribution is -2.05. The molecule has 3 aromatic rings. The lowest BCUT2D eigenvalue weighted by molar-refractivity contribution is 0.612. The van der Waals surface area contributed by atoms with E-state index in [9.17, 15) is 4.39 Å². The molecule has 2 aromatic heterocycles. The first kappa shape index (κ1) is 13.1. The first-order valence-electron chi connectivity index (χ1n) is 6.41. The van der Waals surface area contributed by atoms with Gasteiger partial charge in [-0.2, -0.15) is 10.4 Å². The van der Waals surface area contributed by atoms with Gasteiger partial charge in [0.05, 0.1) is 17.3 Å². The van der Waals surface area contributed by atoms with E-state index in [4.69, 9.17) is 5.26 Å². The zero-order valence-corrected chi connectivity index (χ0v) is 11.3. The van der Waals surface area contributed by atoms with Crippen molar-refractivity contribution in [1.82, 2.24) is 14.6 Å². The molecule has 0 fully saturated rings. The molecule has 2 heterocycles. The van der Waals surface area contributed by atoms with Crippen LogP contribution in [0.2, 0.25) is 0 Å². The van der Waals surface area contributed by atoms with Gasteiger partial charge in [0.15, 0.2) is 5.82 Å². The molecule has 6 heteroatoms. The smallest absolute Gasteiger partial charge is 0.152 e. The number of nitrogens with zero attached hydrogens (tertiary/aromatic N) is 4. The lowest BCUT2D eigenvalue weighted by Gasteiger charge is -2.08. The van der Waals surface area contributed by atoms with Crippen molar-refractivity contribution in [1.29, 1.82) is 5.26 Å². The number of rotatable bonds is 3. The van der Waals surface area contributed by atoms with Gasteiger partial charge in [-0.1, -0.05) is 6.07 Å². The van der Waals surface area contributed by atoms with Crippen molar-refractivity contribution in [2.75, 3.05) is 5.32 Å². The van der Waals surface area contributed by atoms with E-state index in [1.807, 2.05) is 19.1 Å². The Labute approximate surface area is 120 Å². The highest BCUT2D eigenvalue weighted by Gasteiger charge is 2.07. The minimum absolute atomic E-state index is 0.286. The topological polar surface area (TPSA) is 66.0 Å². The maximum absolute atomic E-state index is 13.8. The van der Waals surface area contributed by atoms with Gasteiger partial charge in [0.1, 0.15) is 11.3 Å². The van der Waals surface area contributed by atoms with Crippen LogP contribution in [-0.4, -0.2) is 14.6 Å². The Morgan fingerprint density at radius 3 is 3.00 bits per heavy atom. The van der Waals surface area contributed by atoms with E-state index < -0.39 is 5.82 Å². The van der Waals surface area contributed by atoms with Gasteiger partial charge >= 0.3 is 0 Å². The van der Waals surface area contributed by atoms with Crippen LogP contribution in [0.4, 0.5) is 10.2 Å². The molecule has 1 N–H and O–H groups in total. The van der Waals surface area contributed by atoms with Crippen LogP contribution in [-0.2, 0) is 6.54 Å². The molecule has 0 aliphatic carbocycles. The van der Waals surface area contributed by atoms with Crippen molar-refractivity contribution >= 4 is 11.3 Å². The van der Waals surface area contributed by atoms with Crippen molar-refractivity contribution in [2.24, 2.45) is 0 Å². The fourth-order valence-corrected chi connectivity index (χ4v) is 2.12. The minimum Gasteiger partial charge on any atom is -0.364 e. The zero-order valence-electron chi connectivity index (χ0n) is 11.3.